The molecule has 5 nitrogen and oxygen atoms in total. The maximum Gasteiger partial charge on any atom is 0.236 e. The number of carbonyl (C=O) groups is 1. The average Bonchev–Trinajstić information content (AvgIpc) is 2.20. The molecule has 1 aliphatic rings. The number of hydrogen-bond donors (Lipinski definition) is 1. The Morgan fingerprint density at radius 2 is 2.13 bits per heavy atom. The van der Waals surface area contributed by atoms with Crippen LogP contribution in [0.25, 0.3) is 0 Å². The molecule has 2 N–H and O–H groups in total. The van der Waals surface area contributed by atoms with Gasteiger partial charge in [-0.3, -0.25) is 14.6 Å². The molecular formula is C10H22N4O. The van der Waals surface area contributed by atoms with Gasteiger partial charge in [0.1, 0.15) is 0 Å². The lowest BCUT2D eigenvalue weighted by Gasteiger charge is -2.39. The third kappa shape index (κ3) is 3.44. The van der Waals surface area contributed by atoms with Gasteiger partial charge in [0, 0.05) is 46.4 Å². The predicted octanol–water partition coefficient (Wildman–Crippen LogP) is -1.00. The summed E-state index contributed by atoms with van der Waals surface area (Å²) in [6.07, 6.45) is 0. The zero-order chi connectivity index (χ0) is 11.4. The molecule has 1 fully saturated rings. The Balaban J connectivity index is 2.41. The fourth-order valence-electron chi connectivity index (χ4n) is 1.79. The summed E-state index contributed by atoms with van der Waals surface area (Å²) in [5, 5.41) is 0. The van der Waals surface area contributed by atoms with E-state index in [-0.39, 0.29) is 5.91 Å². The highest BCUT2D eigenvalue weighted by molar-refractivity contribution is 5.77. The molecule has 5 heteroatoms. The summed E-state index contributed by atoms with van der Waals surface area (Å²) >= 11 is 0. The summed E-state index contributed by atoms with van der Waals surface area (Å²) in [5.74, 6) is 0.169. The van der Waals surface area contributed by atoms with Gasteiger partial charge in [0.15, 0.2) is 0 Å². The third-order valence-electron chi connectivity index (χ3n) is 2.94. The minimum absolute atomic E-state index is 0.169. The molecule has 0 spiro atoms. The van der Waals surface area contributed by atoms with Crippen molar-refractivity contribution in [2.75, 3.05) is 46.9 Å². The van der Waals surface area contributed by atoms with Crippen molar-refractivity contribution in [2.45, 2.75) is 13.0 Å². The number of nitrogens with zero attached hydrogens (tertiary/aromatic N) is 3. The molecule has 0 radical (unpaired) electrons. The van der Waals surface area contributed by atoms with Crippen LogP contribution in [0, 0.1) is 0 Å². The first-order valence-corrected chi connectivity index (χ1v) is 5.41. The van der Waals surface area contributed by atoms with Crippen LogP contribution in [0.5, 0.6) is 0 Å². The van der Waals surface area contributed by atoms with E-state index in [0.717, 1.165) is 19.6 Å². The first-order chi connectivity index (χ1) is 7.04. The molecule has 1 atom stereocenters. The summed E-state index contributed by atoms with van der Waals surface area (Å²) in [7, 11) is 3.59. The molecule has 1 heterocycles. The van der Waals surface area contributed by atoms with Crippen molar-refractivity contribution < 1.29 is 4.79 Å². The largest absolute Gasteiger partial charge is 0.348 e. The molecule has 15 heavy (non-hydrogen) atoms. The summed E-state index contributed by atoms with van der Waals surface area (Å²) in [5.41, 5.74) is 5.59. The SMILES string of the molecule is CC1CN(CN)CCN1CC(=O)N(C)C. The molecule has 1 saturated heterocycles. The van der Waals surface area contributed by atoms with Crippen molar-refractivity contribution in [2.24, 2.45) is 5.73 Å². The number of carbonyl (C=O) groups excluding carboxylic acids is 1. The summed E-state index contributed by atoms with van der Waals surface area (Å²) in [6, 6.07) is 0.409. The van der Waals surface area contributed by atoms with Crippen LogP contribution in [0.2, 0.25) is 0 Å². The Bertz CT molecular complexity index is 219. The van der Waals surface area contributed by atoms with Gasteiger partial charge in [-0.25, -0.2) is 0 Å². The van der Waals surface area contributed by atoms with E-state index in [1.807, 2.05) is 0 Å². The second kappa shape index (κ2) is 5.44. The van der Waals surface area contributed by atoms with Gasteiger partial charge in [-0.15, -0.1) is 0 Å². The minimum Gasteiger partial charge on any atom is -0.348 e. The smallest absolute Gasteiger partial charge is 0.236 e. The van der Waals surface area contributed by atoms with Crippen molar-refractivity contribution in [3.05, 3.63) is 0 Å². The highest BCUT2D eigenvalue weighted by Crippen LogP contribution is 2.08. The molecule has 0 aliphatic carbocycles. The monoisotopic (exact) mass is 214 g/mol. The van der Waals surface area contributed by atoms with E-state index in [2.05, 4.69) is 16.7 Å². The lowest BCUT2D eigenvalue weighted by Crippen LogP contribution is -2.55. The van der Waals surface area contributed by atoms with Gasteiger partial charge in [-0.05, 0) is 6.92 Å². The summed E-state index contributed by atoms with van der Waals surface area (Å²) in [6.45, 7) is 6.12. The van der Waals surface area contributed by atoms with Gasteiger partial charge in [0.2, 0.25) is 5.91 Å². The van der Waals surface area contributed by atoms with Crippen LogP contribution in [-0.2, 0) is 4.79 Å². The molecule has 0 aromatic carbocycles. The Labute approximate surface area is 91.8 Å². The number of nitrogens with two attached hydrogens (primary N) is 1. The van der Waals surface area contributed by atoms with Gasteiger partial charge in [0.25, 0.3) is 0 Å². The molecule has 0 saturated carbocycles. The van der Waals surface area contributed by atoms with E-state index < -0.39 is 0 Å². The van der Waals surface area contributed by atoms with Crippen LogP contribution in [-0.4, -0.2) is 73.6 Å². The summed E-state index contributed by atoms with van der Waals surface area (Å²) in [4.78, 5) is 17.6. The van der Waals surface area contributed by atoms with Crippen LogP contribution in [0.1, 0.15) is 6.92 Å². The lowest BCUT2D eigenvalue weighted by molar-refractivity contribution is -0.131. The van der Waals surface area contributed by atoms with Gasteiger partial charge in [-0.1, -0.05) is 0 Å². The number of amides is 1. The first kappa shape index (κ1) is 12.4. The maximum absolute atomic E-state index is 11.6. The Morgan fingerprint density at radius 1 is 1.47 bits per heavy atom. The topological polar surface area (TPSA) is 52.8 Å². The molecule has 1 aliphatic heterocycles. The normalized spacial score (nSPS) is 24.1. The fourth-order valence-corrected chi connectivity index (χ4v) is 1.79. The summed E-state index contributed by atoms with van der Waals surface area (Å²) < 4.78 is 0. The zero-order valence-corrected chi connectivity index (χ0v) is 9.94. The van der Waals surface area contributed by atoms with E-state index >= 15 is 0 Å². The molecule has 88 valence electrons. The van der Waals surface area contributed by atoms with Crippen LogP contribution in [0.15, 0.2) is 0 Å². The van der Waals surface area contributed by atoms with Crippen molar-refractivity contribution >= 4 is 5.91 Å². The molecule has 0 aromatic rings. The molecule has 1 rings (SSSR count). The second-order valence-corrected chi connectivity index (χ2v) is 4.37. The Hall–Kier alpha value is -0.650. The lowest BCUT2D eigenvalue weighted by atomic mass is 10.2. The van der Waals surface area contributed by atoms with E-state index in [1.165, 1.54) is 0 Å². The van der Waals surface area contributed by atoms with Crippen LogP contribution < -0.4 is 5.73 Å². The zero-order valence-electron chi connectivity index (χ0n) is 9.94. The molecule has 1 amide bonds. The van der Waals surface area contributed by atoms with Crippen LogP contribution in [0.4, 0.5) is 0 Å². The van der Waals surface area contributed by atoms with Gasteiger partial charge < -0.3 is 10.6 Å². The highest BCUT2D eigenvalue weighted by atomic mass is 16.2. The number of hydrogen-bond acceptors (Lipinski definition) is 4. The van der Waals surface area contributed by atoms with E-state index in [0.29, 0.717) is 19.3 Å². The van der Waals surface area contributed by atoms with Gasteiger partial charge in [-0.2, -0.15) is 0 Å². The molecule has 0 aromatic heterocycles. The van der Waals surface area contributed by atoms with Crippen LogP contribution >= 0.6 is 0 Å². The molecule has 0 bridgehead atoms. The van der Waals surface area contributed by atoms with Gasteiger partial charge in [0.05, 0.1) is 6.54 Å². The average molecular weight is 214 g/mol. The molecule has 1 unspecified atom stereocenters. The fraction of sp³-hybridized carbons (Fsp3) is 0.900. The van der Waals surface area contributed by atoms with Crippen LogP contribution in [0.3, 0.4) is 0 Å². The minimum atomic E-state index is 0.169. The van der Waals surface area contributed by atoms with Crippen molar-refractivity contribution in [3.63, 3.8) is 0 Å². The van der Waals surface area contributed by atoms with Crippen molar-refractivity contribution in [1.82, 2.24) is 14.7 Å². The van der Waals surface area contributed by atoms with E-state index in [4.69, 9.17) is 5.73 Å². The maximum atomic E-state index is 11.6. The molecular weight excluding hydrogens is 192 g/mol. The Morgan fingerprint density at radius 3 is 2.60 bits per heavy atom. The third-order valence-corrected chi connectivity index (χ3v) is 2.94. The predicted molar refractivity (Wildman–Crippen MR) is 60.4 cm³/mol. The van der Waals surface area contributed by atoms with E-state index in [9.17, 15) is 4.79 Å². The quantitative estimate of drug-likeness (QED) is 0.654. The Kier molecular flexibility index (Phi) is 4.50. The number of piperazine rings is 1. The second-order valence-electron chi connectivity index (χ2n) is 4.37. The number of rotatable bonds is 3. The first-order valence-electron chi connectivity index (χ1n) is 5.41. The highest BCUT2D eigenvalue weighted by Gasteiger charge is 2.24. The van der Waals surface area contributed by atoms with Gasteiger partial charge >= 0.3 is 0 Å². The number of likely N-dealkylation sites (N-methyl/N-ethyl adjacent to an activating group) is 1. The van der Waals surface area contributed by atoms with Crippen molar-refractivity contribution in [3.8, 4) is 0 Å². The van der Waals surface area contributed by atoms with Crippen molar-refractivity contribution in [1.29, 1.82) is 0 Å². The van der Waals surface area contributed by atoms with E-state index in [1.54, 1.807) is 19.0 Å². The standard InChI is InChI=1S/C10H22N4O/c1-9-6-13(8-11)4-5-14(9)7-10(15)12(2)3/h9H,4-8,11H2,1-3H3.